The van der Waals surface area contributed by atoms with Crippen LogP contribution < -0.4 is 10.0 Å². The number of amides is 2. The standard InChI is InChI=1S/C33H32Cl3N3O4S/c1-2-38-44(42,43)29-17-10-23(11-18-29)12-19-31(40)39(22-24-8-14-27(34)15-9-24)32(25-6-4-3-5-7-25)33(41)37-21-26-13-16-28(35)20-30(26)36/h3-11,13-18,20,32,38H,2,12,19,21-22H2,1H3,(H,37,41)/t32-/m1/s1. The first-order chi connectivity index (χ1) is 21.1. The molecule has 0 saturated carbocycles. The Balaban J connectivity index is 1.61. The van der Waals surface area contributed by atoms with Crippen molar-refractivity contribution in [1.29, 1.82) is 0 Å². The van der Waals surface area contributed by atoms with Crippen molar-refractivity contribution in [3.8, 4) is 0 Å². The monoisotopic (exact) mass is 671 g/mol. The Morgan fingerprint density at radius 1 is 0.818 bits per heavy atom. The number of benzene rings is 4. The van der Waals surface area contributed by atoms with Gasteiger partial charge in [-0.2, -0.15) is 0 Å². The average Bonchev–Trinajstić information content (AvgIpc) is 3.01. The van der Waals surface area contributed by atoms with E-state index < -0.39 is 16.1 Å². The Hall–Kier alpha value is -3.40. The second-order valence-corrected chi connectivity index (χ2v) is 13.1. The summed E-state index contributed by atoms with van der Waals surface area (Å²) in [6.07, 6.45) is 0.438. The molecule has 44 heavy (non-hydrogen) atoms. The summed E-state index contributed by atoms with van der Waals surface area (Å²) in [5, 5.41) is 4.42. The van der Waals surface area contributed by atoms with Crippen molar-refractivity contribution >= 4 is 56.6 Å². The number of carbonyl (C=O) groups is 2. The highest BCUT2D eigenvalue weighted by molar-refractivity contribution is 7.89. The molecule has 0 aliphatic carbocycles. The molecule has 7 nitrogen and oxygen atoms in total. The van der Waals surface area contributed by atoms with Crippen molar-refractivity contribution in [2.45, 2.75) is 43.8 Å². The summed E-state index contributed by atoms with van der Waals surface area (Å²) in [7, 11) is -3.59. The molecule has 230 valence electrons. The SMILES string of the molecule is CCNS(=O)(=O)c1ccc(CCC(=O)N(Cc2ccc(Cl)cc2)[C@@H](C(=O)NCc2ccc(Cl)cc2Cl)c2ccccc2)cc1. The fraction of sp³-hybridized carbons (Fsp3) is 0.212. The van der Waals surface area contributed by atoms with E-state index in [2.05, 4.69) is 10.0 Å². The lowest BCUT2D eigenvalue weighted by Crippen LogP contribution is -2.43. The highest BCUT2D eigenvalue weighted by Crippen LogP contribution is 2.27. The average molecular weight is 673 g/mol. The van der Waals surface area contributed by atoms with E-state index in [1.165, 1.54) is 12.1 Å². The minimum atomic E-state index is -3.59. The van der Waals surface area contributed by atoms with Crippen LogP contribution in [-0.4, -0.2) is 31.7 Å². The van der Waals surface area contributed by atoms with Crippen LogP contribution in [0.2, 0.25) is 15.1 Å². The molecule has 0 spiro atoms. The number of rotatable bonds is 13. The zero-order valence-corrected chi connectivity index (χ0v) is 27.1. The molecule has 4 aromatic carbocycles. The Morgan fingerprint density at radius 3 is 2.09 bits per heavy atom. The molecule has 0 saturated heterocycles. The van der Waals surface area contributed by atoms with Gasteiger partial charge in [-0.3, -0.25) is 9.59 Å². The van der Waals surface area contributed by atoms with Gasteiger partial charge in [0.1, 0.15) is 6.04 Å². The number of aryl methyl sites for hydroxylation is 1. The highest BCUT2D eigenvalue weighted by Gasteiger charge is 2.31. The van der Waals surface area contributed by atoms with Crippen LogP contribution >= 0.6 is 34.8 Å². The van der Waals surface area contributed by atoms with Gasteiger partial charge in [-0.25, -0.2) is 13.1 Å². The van der Waals surface area contributed by atoms with Crippen LogP contribution in [0.5, 0.6) is 0 Å². The molecule has 0 aliphatic rings. The maximum Gasteiger partial charge on any atom is 0.247 e. The molecule has 2 amide bonds. The molecular formula is C33H32Cl3N3O4S. The largest absolute Gasteiger partial charge is 0.350 e. The van der Waals surface area contributed by atoms with Crippen molar-refractivity contribution in [3.05, 3.63) is 134 Å². The number of sulfonamides is 1. The predicted molar refractivity (Wildman–Crippen MR) is 175 cm³/mol. The van der Waals surface area contributed by atoms with Crippen molar-refractivity contribution in [3.63, 3.8) is 0 Å². The van der Waals surface area contributed by atoms with Crippen LogP contribution in [0.1, 0.15) is 41.6 Å². The van der Waals surface area contributed by atoms with Gasteiger partial charge in [0.05, 0.1) is 4.90 Å². The molecule has 0 aromatic heterocycles. The molecule has 4 rings (SSSR count). The first-order valence-corrected chi connectivity index (χ1v) is 16.6. The van der Waals surface area contributed by atoms with Gasteiger partial charge in [-0.15, -0.1) is 0 Å². The lowest BCUT2D eigenvalue weighted by molar-refractivity contribution is -0.141. The first kappa shape index (κ1) is 33.5. The van der Waals surface area contributed by atoms with Crippen LogP contribution in [-0.2, 0) is 39.1 Å². The second kappa shape index (κ2) is 15.5. The van der Waals surface area contributed by atoms with Crippen molar-refractivity contribution in [2.24, 2.45) is 0 Å². The van der Waals surface area contributed by atoms with E-state index in [9.17, 15) is 18.0 Å². The maximum absolute atomic E-state index is 14.0. The minimum Gasteiger partial charge on any atom is -0.350 e. The zero-order valence-electron chi connectivity index (χ0n) is 24.0. The quantitative estimate of drug-likeness (QED) is 0.161. The van der Waals surface area contributed by atoms with E-state index in [1.54, 1.807) is 54.3 Å². The van der Waals surface area contributed by atoms with Crippen LogP contribution in [0.4, 0.5) is 0 Å². The van der Waals surface area contributed by atoms with Gasteiger partial charge in [0.15, 0.2) is 0 Å². The third-order valence-electron chi connectivity index (χ3n) is 6.93. The fourth-order valence-electron chi connectivity index (χ4n) is 4.67. The molecule has 1 atom stereocenters. The van der Waals surface area contributed by atoms with Gasteiger partial charge < -0.3 is 10.2 Å². The molecular weight excluding hydrogens is 641 g/mol. The Kier molecular flexibility index (Phi) is 11.8. The van der Waals surface area contributed by atoms with Crippen LogP contribution in [0.15, 0.2) is 102 Å². The zero-order chi connectivity index (χ0) is 31.7. The van der Waals surface area contributed by atoms with Gasteiger partial charge in [0, 0.05) is 41.1 Å². The molecule has 0 unspecified atom stereocenters. The number of nitrogens with one attached hydrogen (secondary N) is 2. The lowest BCUT2D eigenvalue weighted by Gasteiger charge is -2.32. The summed E-state index contributed by atoms with van der Waals surface area (Å²) in [6.45, 7) is 2.29. The Morgan fingerprint density at radius 2 is 1.45 bits per heavy atom. The van der Waals surface area contributed by atoms with Crippen molar-refractivity contribution in [1.82, 2.24) is 14.9 Å². The molecule has 11 heteroatoms. The maximum atomic E-state index is 14.0. The third-order valence-corrected chi connectivity index (χ3v) is 9.33. The molecule has 0 bridgehead atoms. The van der Waals surface area contributed by atoms with E-state index in [4.69, 9.17) is 34.8 Å². The summed E-state index contributed by atoms with van der Waals surface area (Å²) in [4.78, 5) is 29.6. The Labute approximate surface area is 273 Å². The molecule has 0 heterocycles. The van der Waals surface area contributed by atoms with E-state index in [0.717, 1.165) is 11.1 Å². The topological polar surface area (TPSA) is 95.6 Å². The van der Waals surface area contributed by atoms with E-state index in [0.29, 0.717) is 32.6 Å². The summed E-state index contributed by atoms with van der Waals surface area (Å²) in [5.41, 5.74) is 2.92. The number of halogens is 3. The fourth-order valence-corrected chi connectivity index (χ4v) is 6.31. The van der Waals surface area contributed by atoms with Gasteiger partial charge in [-0.1, -0.05) is 102 Å². The summed E-state index contributed by atoms with van der Waals surface area (Å²) in [6, 6.07) is 26.7. The number of carbonyl (C=O) groups excluding carboxylic acids is 2. The number of hydrogen-bond acceptors (Lipinski definition) is 4. The van der Waals surface area contributed by atoms with Crippen LogP contribution in [0, 0.1) is 0 Å². The van der Waals surface area contributed by atoms with E-state index in [1.807, 2.05) is 42.5 Å². The summed E-state index contributed by atoms with van der Waals surface area (Å²) < 4.78 is 27.1. The van der Waals surface area contributed by atoms with E-state index in [-0.39, 0.29) is 42.8 Å². The van der Waals surface area contributed by atoms with Crippen LogP contribution in [0.3, 0.4) is 0 Å². The molecule has 0 aliphatic heterocycles. The predicted octanol–water partition coefficient (Wildman–Crippen LogP) is 6.96. The van der Waals surface area contributed by atoms with Crippen LogP contribution in [0.25, 0.3) is 0 Å². The third kappa shape index (κ3) is 9.06. The second-order valence-electron chi connectivity index (χ2n) is 10.1. The molecule has 0 fully saturated rings. The summed E-state index contributed by atoms with van der Waals surface area (Å²) >= 11 is 18.5. The summed E-state index contributed by atoms with van der Waals surface area (Å²) in [5.74, 6) is -0.625. The smallest absolute Gasteiger partial charge is 0.247 e. The number of hydrogen-bond donors (Lipinski definition) is 2. The van der Waals surface area contributed by atoms with E-state index >= 15 is 0 Å². The highest BCUT2D eigenvalue weighted by atomic mass is 35.5. The van der Waals surface area contributed by atoms with Gasteiger partial charge in [0.25, 0.3) is 0 Å². The van der Waals surface area contributed by atoms with Gasteiger partial charge in [0.2, 0.25) is 21.8 Å². The van der Waals surface area contributed by atoms with Crippen molar-refractivity contribution in [2.75, 3.05) is 6.54 Å². The first-order valence-electron chi connectivity index (χ1n) is 14.0. The van der Waals surface area contributed by atoms with Gasteiger partial charge >= 0.3 is 0 Å². The van der Waals surface area contributed by atoms with Crippen molar-refractivity contribution < 1.29 is 18.0 Å². The molecule has 0 radical (unpaired) electrons. The lowest BCUT2D eigenvalue weighted by atomic mass is 10.0. The molecule has 4 aromatic rings. The minimum absolute atomic E-state index is 0.0898. The van der Waals surface area contributed by atoms with Gasteiger partial charge in [-0.05, 0) is 65.1 Å². The molecule has 2 N–H and O–H groups in total. The Bertz CT molecular complexity index is 1680. The normalized spacial score (nSPS) is 12.0. The number of nitrogens with zero attached hydrogens (tertiary/aromatic N) is 1.